The summed E-state index contributed by atoms with van der Waals surface area (Å²) in [5.74, 6) is 7.32. The molecule has 19 heavy (non-hydrogen) atoms. The Balaban J connectivity index is 2.31. The summed E-state index contributed by atoms with van der Waals surface area (Å²) in [4.78, 5) is 0. The number of rotatable bonds is 5. The van der Waals surface area contributed by atoms with Gasteiger partial charge in [-0.25, -0.2) is 5.43 Å². The van der Waals surface area contributed by atoms with Crippen LogP contribution in [0.1, 0.15) is 36.8 Å². The molecule has 0 aliphatic carbocycles. The molecule has 1 unspecified atom stereocenters. The van der Waals surface area contributed by atoms with Gasteiger partial charge in [-0.2, -0.15) is 0 Å². The fraction of sp³-hybridized carbons (Fsp3) is 0.333. The highest BCUT2D eigenvalue weighted by molar-refractivity contribution is 5.36. The third kappa shape index (κ3) is 3.16. The van der Waals surface area contributed by atoms with E-state index in [2.05, 4.69) is 5.43 Å². The van der Waals surface area contributed by atoms with Gasteiger partial charge in [0, 0.05) is 0 Å². The summed E-state index contributed by atoms with van der Waals surface area (Å²) in [6.07, 6.45) is 1.81. The topological polar surface area (TPSA) is 60.4 Å². The van der Waals surface area contributed by atoms with E-state index < -0.39 is 0 Å². The van der Waals surface area contributed by atoms with Gasteiger partial charge < -0.3 is 9.15 Å². The number of hydrogen-bond acceptors (Lipinski definition) is 4. The van der Waals surface area contributed by atoms with Crippen molar-refractivity contribution < 1.29 is 9.15 Å². The molecule has 3 N–H and O–H groups in total. The SMILES string of the molecule is Cc1ccoc1C(NN)c1cccc(OC(C)C)c1. The fourth-order valence-corrected chi connectivity index (χ4v) is 2.04. The second kappa shape index (κ2) is 5.91. The summed E-state index contributed by atoms with van der Waals surface area (Å²) >= 11 is 0. The lowest BCUT2D eigenvalue weighted by Gasteiger charge is -2.17. The Morgan fingerprint density at radius 1 is 1.26 bits per heavy atom. The van der Waals surface area contributed by atoms with Gasteiger partial charge in [0.2, 0.25) is 0 Å². The Morgan fingerprint density at radius 2 is 2.05 bits per heavy atom. The zero-order chi connectivity index (χ0) is 13.8. The Kier molecular flexibility index (Phi) is 4.24. The summed E-state index contributed by atoms with van der Waals surface area (Å²) in [5.41, 5.74) is 4.87. The zero-order valence-electron chi connectivity index (χ0n) is 11.5. The van der Waals surface area contributed by atoms with E-state index in [0.29, 0.717) is 0 Å². The van der Waals surface area contributed by atoms with Crippen LogP contribution in [-0.4, -0.2) is 6.10 Å². The number of nitrogens with two attached hydrogens (primary N) is 1. The monoisotopic (exact) mass is 260 g/mol. The first-order valence-corrected chi connectivity index (χ1v) is 6.38. The van der Waals surface area contributed by atoms with Crippen molar-refractivity contribution in [1.29, 1.82) is 0 Å². The van der Waals surface area contributed by atoms with Crippen LogP contribution in [0, 0.1) is 6.92 Å². The van der Waals surface area contributed by atoms with Crippen molar-refractivity contribution in [1.82, 2.24) is 5.43 Å². The first-order valence-electron chi connectivity index (χ1n) is 6.38. The molecule has 0 aliphatic heterocycles. The highest BCUT2D eigenvalue weighted by Crippen LogP contribution is 2.27. The van der Waals surface area contributed by atoms with Crippen molar-refractivity contribution in [3.63, 3.8) is 0 Å². The predicted molar refractivity (Wildman–Crippen MR) is 74.8 cm³/mol. The molecule has 0 radical (unpaired) electrons. The van der Waals surface area contributed by atoms with Crippen LogP contribution in [0.4, 0.5) is 0 Å². The number of hydrogen-bond donors (Lipinski definition) is 2. The Bertz CT molecular complexity index is 534. The van der Waals surface area contributed by atoms with E-state index >= 15 is 0 Å². The second-order valence-electron chi connectivity index (χ2n) is 4.81. The van der Waals surface area contributed by atoms with Gasteiger partial charge in [0.1, 0.15) is 17.6 Å². The molecule has 2 aromatic rings. The molecule has 2 rings (SSSR count). The molecular formula is C15H20N2O2. The quantitative estimate of drug-likeness (QED) is 0.641. The number of furan rings is 1. The molecule has 0 fully saturated rings. The number of hydrazine groups is 1. The lowest BCUT2D eigenvalue weighted by Crippen LogP contribution is -2.29. The first-order chi connectivity index (χ1) is 9.11. The van der Waals surface area contributed by atoms with E-state index in [9.17, 15) is 0 Å². The van der Waals surface area contributed by atoms with Crippen LogP contribution in [0.2, 0.25) is 0 Å². The van der Waals surface area contributed by atoms with Gasteiger partial charge >= 0.3 is 0 Å². The van der Waals surface area contributed by atoms with E-state index in [1.54, 1.807) is 6.26 Å². The molecule has 4 nitrogen and oxygen atoms in total. The van der Waals surface area contributed by atoms with Gasteiger partial charge in [-0.15, -0.1) is 0 Å². The predicted octanol–water partition coefficient (Wildman–Crippen LogP) is 2.93. The van der Waals surface area contributed by atoms with Crippen LogP contribution in [0.5, 0.6) is 5.75 Å². The van der Waals surface area contributed by atoms with Gasteiger partial charge in [-0.1, -0.05) is 12.1 Å². The smallest absolute Gasteiger partial charge is 0.129 e. The van der Waals surface area contributed by atoms with Crippen molar-refractivity contribution >= 4 is 0 Å². The third-order valence-electron chi connectivity index (χ3n) is 2.89. The van der Waals surface area contributed by atoms with Crippen LogP contribution in [0.25, 0.3) is 0 Å². The van der Waals surface area contributed by atoms with Crippen molar-refractivity contribution in [3.8, 4) is 5.75 Å². The molecule has 0 aliphatic rings. The zero-order valence-corrected chi connectivity index (χ0v) is 11.5. The maximum Gasteiger partial charge on any atom is 0.129 e. The maximum absolute atomic E-state index is 5.70. The second-order valence-corrected chi connectivity index (χ2v) is 4.81. The van der Waals surface area contributed by atoms with Crippen molar-refractivity contribution in [2.24, 2.45) is 5.84 Å². The third-order valence-corrected chi connectivity index (χ3v) is 2.89. The van der Waals surface area contributed by atoms with E-state index in [0.717, 1.165) is 22.6 Å². The standard InChI is InChI=1S/C15H20N2O2/c1-10(2)19-13-6-4-5-12(9-13)14(17-16)15-11(3)7-8-18-15/h4-10,14,17H,16H2,1-3H3. The lowest BCUT2D eigenvalue weighted by molar-refractivity contribution is 0.242. The maximum atomic E-state index is 5.70. The van der Waals surface area contributed by atoms with E-state index in [1.807, 2.05) is 51.1 Å². The molecule has 1 aromatic heterocycles. The molecule has 0 saturated heterocycles. The van der Waals surface area contributed by atoms with Crippen LogP contribution in [0.15, 0.2) is 41.0 Å². The normalized spacial score (nSPS) is 12.7. The molecule has 1 aromatic carbocycles. The number of nitrogens with one attached hydrogen (secondary N) is 1. The fourth-order valence-electron chi connectivity index (χ4n) is 2.04. The largest absolute Gasteiger partial charge is 0.491 e. The average Bonchev–Trinajstić information content (AvgIpc) is 2.77. The molecular weight excluding hydrogens is 240 g/mol. The summed E-state index contributed by atoms with van der Waals surface area (Å²) in [6.45, 7) is 6.00. The minimum Gasteiger partial charge on any atom is -0.491 e. The van der Waals surface area contributed by atoms with Crippen LogP contribution < -0.4 is 16.0 Å². The first kappa shape index (κ1) is 13.6. The minimum absolute atomic E-state index is 0.143. The molecule has 1 atom stereocenters. The van der Waals surface area contributed by atoms with Gasteiger partial charge in [0.15, 0.2) is 0 Å². The molecule has 1 heterocycles. The van der Waals surface area contributed by atoms with Crippen LogP contribution in [0.3, 0.4) is 0 Å². The highest BCUT2D eigenvalue weighted by atomic mass is 16.5. The van der Waals surface area contributed by atoms with E-state index in [1.165, 1.54) is 0 Å². The van der Waals surface area contributed by atoms with E-state index in [4.69, 9.17) is 15.0 Å². The van der Waals surface area contributed by atoms with Crippen molar-refractivity contribution in [2.45, 2.75) is 32.9 Å². The molecule has 0 saturated carbocycles. The van der Waals surface area contributed by atoms with Crippen LogP contribution in [-0.2, 0) is 0 Å². The number of aryl methyl sites for hydroxylation is 1. The summed E-state index contributed by atoms with van der Waals surface area (Å²) < 4.78 is 11.2. The lowest BCUT2D eigenvalue weighted by atomic mass is 10.0. The Labute approximate surface area is 113 Å². The van der Waals surface area contributed by atoms with Gasteiger partial charge in [0.25, 0.3) is 0 Å². The number of ether oxygens (including phenoxy) is 1. The van der Waals surface area contributed by atoms with Gasteiger partial charge in [-0.3, -0.25) is 5.84 Å². The van der Waals surface area contributed by atoms with Crippen molar-refractivity contribution in [2.75, 3.05) is 0 Å². The highest BCUT2D eigenvalue weighted by Gasteiger charge is 2.18. The average molecular weight is 260 g/mol. The summed E-state index contributed by atoms with van der Waals surface area (Å²) in [6, 6.07) is 9.62. The molecule has 0 spiro atoms. The van der Waals surface area contributed by atoms with Crippen LogP contribution >= 0.6 is 0 Å². The number of benzene rings is 1. The van der Waals surface area contributed by atoms with Gasteiger partial charge in [-0.05, 0) is 50.1 Å². The summed E-state index contributed by atoms with van der Waals surface area (Å²) in [7, 11) is 0. The molecule has 4 heteroatoms. The Morgan fingerprint density at radius 3 is 2.63 bits per heavy atom. The molecule has 0 bridgehead atoms. The van der Waals surface area contributed by atoms with E-state index in [-0.39, 0.29) is 12.1 Å². The minimum atomic E-state index is -0.175. The molecule has 102 valence electrons. The Hall–Kier alpha value is -1.78. The summed E-state index contributed by atoms with van der Waals surface area (Å²) in [5, 5.41) is 0. The van der Waals surface area contributed by atoms with Gasteiger partial charge in [0.05, 0.1) is 12.4 Å². The molecule has 0 amide bonds. The van der Waals surface area contributed by atoms with Crippen molar-refractivity contribution in [3.05, 3.63) is 53.5 Å².